The van der Waals surface area contributed by atoms with Crippen LogP contribution in [0.1, 0.15) is 65.2 Å². The lowest BCUT2D eigenvalue weighted by Gasteiger charge is -2.14. The smallest absolute Gasteiger partial charge is 0.303 e. The van der Waals surface area contributed by atoms with Crippen LogP contribution in [-0.4, -0.2) is 16.9 Å². The van der Waals surface area contributed by atoms with Crippen LogP contribution in [0.2, 0.25) is 0 Å². The van der Waals surface area contributed by atoms with Crippen molar-refractivity contribution in [3.8, 4) is 0 Å². The maximum atomic E-state index is 11.8. The van der Waals surface area contributed by atoms with Crippen molar-refractivity contribution in [3.63, 3.8) is 0 Å². The summed E-state index contributed by atoms with van der Waals surface area (Å²) in [4.78, 5) is 22.2. The van der Waals surface area contributed by atoms with Gasteiger partial charge in [-0.3, -0.25) is 9.59 Å². The summed E-state index contributed by atoms with van der Waals surface area (Å²) < 4.78 is 0. The fourth-order valence-corrected chi connectivity index (χ4v) is 1.80. The maximum Gasteiger partial charge on any atom is 0.303 e. The van der Waals surface area contributed by atoms with Crippen molar-refractivity contribution < 1.29 is 14.7 Å². The normalized spacial score (nSPS) is 10.7. The highest BCUT2D eigenvalue weighted by atomic mass is 16.4. The van der Waals surface area contributed by atoms with E-state index in [2.05, 4.69) is 13.8 Å². The third-order valence-electron chi connectivity index (χ3n) is 2.85. The van der Waals surface area contributed by atoms with E-state index in [1.807, 2.05) is 0 Å². The van der Waals surface area contributed by atoms with Gasteiger partial charge in [0.2, 0.25) is 0 Å². The Balaban J connectivity index is 4.03. The Morgan fingerprint density at radius 1 is 1.00 bits per heavy atom. The largest absolute Gasteiger partial charge is 0.481 e. The minimum absolute atomic E-state index is 0.0203. The molecule has 0 aromatic rings. The molecule has 94 valence electrons. The van der Waals surface area contributed by atoms with E-state index in [1.165, 1.54) is 0 Å². The van der Waals surface area contributed by atoms with Gasteiger partial charge < -0.3 is 5.11 Å². The number of aliphatic carboxylic acids is 1. The standard InChI is InChI=1S/C13H24O3/c1-3-5-7-11(8-6-4-2)12(14)9-10-13(15)16/h11H,3-10H2,1-2H3,(H,15,16). The van der Waals surface area contributed by atoms with Crippen LogP contribution >= 0.6 is 0 Å². The minimum atomic E-state index is -0.877. The fourth-order valence-electron chi connectivity index (χ4n) is 1.80. The van der Waals surface area contributed by atoms with Gasteiger partial charge in [0.25, 0.3) is 0 Å². The van der Waals surface area contributed by atoms with Crippen LogP contribution in [0.4, 0.5) is 0 Å². The first-order valence-electron chi connectivity index (χ1n) is 6.36. The number of unbranched alkanes of at least 4 members (excludes halogenated alkanes) is 2. The Bertz CT molecular complexity index is 203. The first-order chi connectivity index (χ1) is 7.61. The third kappa shape index (κ3) is 7.43. The molecule has 0 rings (SSSR count). The van der Waals surface area contributed by atoms with Crippen LogP contribution in [0.15, 0.2) is 0 Å². The number of carboxylic acid groups (broad SMARTS) is 1. The van der Waals surface area contributed by atoms with E-state index >= 15 is 0 Å². The molecule has 0 heterocycles. The van der Waals surface area contributed by atoms with Gasteiger partial charge in [-0.25, -0.2) is 0 Å². The number of ketones is 1. The Morgan fingerprint density at radius 3 is 1.88 bits per heavy atom. The minimum Gasteiger partial charge on any atom is -0.481 e. The number of carbonyl (C=O) groups is 2. The summed E-state index contributed by atoms with van der Waals surface area (Å²) in [7, 11) is 0. The van der Waals surface area contributed by atoms with Crippen LogP contribution in [0, 0.1) is 5.92 Å². The maximum absolute atomic E-state index is 11.8. The van der Waals surface area contributed by atoms with E-state index in [0.29, 0.717) is 0 Å². The first kappa shape index (κ1) is 15.1. The van der Waals surface area contributed by atoms with Gasteiger partial charge in [-0.2, -0.15) is 0 Å². The van der Waals surface area contributed by atoms with Crippen LogP contribution < -0.4 is 0 Å². The molecular formula is C13H24O3. The predicted octanol–water partition coefficient (Wildman–Crippen LogP) is 3.42. The van der Waals surface area contributed by atoms with Crippen molar-refractivity contribution in [1.82, 2.24) is 0 Å². The van der Waals surface area contributed by atoms with Crippen molar-refractivity contribution >= 4 is 11.8 Å². The molecule has 0 aliphatic heterocycles. The number of Topliss-reactive ketones (excluding diaryl/α,β-unsaturated/α-hetero) is 1. The molecular weight excluding hydrogens is 204 g/mol. The topological polar surface area (TPSA) is 54.4 Å². The summed E-state index contributed by atoms with van der Waals surface area (Å²) in [5.41, 5.74) is 0. The van der Waals surface area contributed by atoms with Crippen molar-refractivity contribution in [2.75, 3.05) is 0 Å². The van der Waals surface area contributed by atoms with Crippen LogP contribution in [0.25, 0.3) is 0 Å². The lowest BCUT2D eigenvalue weighted by molar-refractivity contribution is -0.139. The van der Waals surface area contributed by atoms with Gasteiger partial charge in [-0.05, 0) is 12.8 Å². The van der Waals surface area contributed by atoms with E-state index in [-0.39, 0.29) is 24.5 Å². The third-order valence-corrected chi connectivity index (χ3v) is 2.85. The summed E-state index contributed by atoms with van der Waals surface area (Å²) >= 11 is 0. The summed E-state index contributed by atoms with van der Waals surface area (Å²) in [6.45, 7) is 4.22. The number of carboxylic acids is 1. The molecule has 0 aliphatic rings. The average Bonchev–Trinajstić information content (AvgIpc) is 2.26. The number of hydrogen-bond acceptors (Lipinski definition) is 2. The molecule has 1 N–H and O–H groups in total. The van der Waals surface area contributed by atoms with Crippen molar-refractivity contribution in [2.45, 2.75) is 65.2 Å². The quantitative estimate of drug-likeness (QED) is 0.623. The monoisotopic (exact) mass is 228 g/mol. The predicted molar refractivity (Wildman–Crippen MR) is 64.4 cm³/mol. The zero-order chi connectivity index (χ0) is 12.4. The molecule has 0 radical (unpaired) electrons. The highest BCUT2D eigenvalue weighted by Gasteiger charge is 2.17. The molecule has 0 unspecified atom stereocenters. The Hall–Kier alpha value is -0.860. The van der Waals surface area contributed by atoms with Crippen LogP contribution in [0.5, 0.6) is 0 Å². The van der Waals surface area contributed by atoms with Crippen LogP contribution in [-0.2, 0) is 9.59 Å². The summed E-state index contributed by atoms with van der Waals surface area (Å²) in [6.07, 6.45) is 6.34. The number of carbonyl (C=O) groups excluding carboxylic acids is 1. The Labute approximate surface area is 98.2 Å². The molecule has 3 nitrogen and oxygen atoms in total. The zero-order valence-electron chi connectivity index (χ0n) is 10.5. The van der Waals surface area contributed by atoms with Gasteiger partial charge >= 0.3 is 5.97 Å². The van der Waals surface area contributed by atoms with E-state index < -0.39 is 5.97 Å². The average molecular weight is 228 g/mol. The molecule has 0 fully saturated rings. The summed E-state index contributed by atoms with van der Waals surface area (Å²) in [6, 6.07) is 0. The molecule has 0 bridgehead atoms. The molecule has 0 spiro atoms. The molecule has 3 heteroatoms. The molecule has 0 saturated carbocycles. The zero-order valence-corrected chi connectivity index (χ0v) is 10.5. The van der Waals surface area contributed by atoms with E-state index in [1.54, 1.807) is 0 Å². The second kappa shape index (κ2) is 9.37. The molecule has 0 atom stereocenters. The van der Waals surface area contributed by atoms with Gasteiger partial charge in [0, 0.05) is 12.3 Å². The van der Waals surface area contributed by atoms with Gasteiger partial charge in [-0.1, -0.05) is 39.5 Å². The Kier molecular flexibility index (Phi) is 8.87. The van der Waals surface area contributed by atoms with Crippen molar-refractivity contribution in [2.24, 2.45) is 5.92 Å². The summed E-state index contributed by atoms with van der Waals surface area (Å²) in [5, 5.41) is 8.54. The molecule has 0 saturated heterocycles. The highest BCUT2D eigenvalue weighted by Crippen LogP contribution is 2.19. The first-order valence-corrected chi connectivity index (χ1v) is 6.36. The van der Waals surface area contributed by atoms with Crippen molar-refractivity contribution in [1.29, 1.82) is 0 Å². The lowest BCUT2D eigenvalue weighted by Crippen LogP contribution is -2.16. The fraction of sp³-hybridized carbons (Fsp3) is 0.846. The second-order valence-corrected chi connectivity index (χ2v) is 4.34. The highest BCUT2D eigenvalue weighted by molar-refractivity contribution is 5.84. The Morgan fingerprint density at radius 2 is 1.50 bits per heavy atom. The van der Waals surface area contributed by atoms with E-state index in [9.17, 15) is 9.59 Å². The van der Waals surface area contributed by atoms with E-state index in [0.717, 1.165) is 38.5 Å². The van der Waals surface area contributed by atoms with Gasteiger partial charge in [0.15, 0.2) is 0 Å². The van der Waals surface area contributed by atoms with Crippen LogP contribution in [0.3, 0.4) is 0 Å². The lowest BCUT2D eigenvalue weighted by atomic mass is 9.90. The molecule has 0 aromatic carbocycles. The molecule has 0 amide bonds. The van der Waals surface area contributed by atoms with Gasteiger partial charge in [0.05, 0.1) is 6.42 Å². The second-order valence-electron chi connectivity index (χ2n) is 4.34. The molecule has 0 aliphatic carbocycles. The van der Waals surface area contributed by atoms with E-state index in [4.69, 9.17) is 5.11 Å². The van der Waals surface area contributed by atoms with Crippen molar-refractivity contribution in [3.05, 3.63) is 0 Å². The SMILES string of the molecule is CCCCC(CCCC)C(=O)CCC(=O)O. The molecule has 16 heavy (non-hydrogen) atoms. The number of hydrogen-bond donors (Lipinski definition) is 1. The molecule has 0 aromatic heterocycles. The van der Waals surface area contributed by atoms with Gasteiger partial charge in [0.1, 0.15) is 5.78 Å². The van der Waals surface area contributed by atoms with Gasteiger partial charge in [-0.15, -0.1) is 0 Å². The summed E-state index contributed by atoms with van der Waals surface area (Å²) in [5.74, 6) is -0.637. The number of rotatable bonds is 10.